The first kappa shape index (κ1) is 19.1. The van der Waals surface area contributed by atoms with Crippen molar-refractivity contribution in [3.63, 3.8) is 0 Å². The molecule has 1 saturated heterocycles. The first-order valence-electron chi connectivity index (χ1n) is 10.3. The lowest BCUT2D eigenvalue weighted by atomic mass is 10.0. The summed E-state index contributed by atoms with van der Waals surface area (Å²) < 4.78 is 1.93. The summed E-state index contributed by atoms with van der Waals surface area (Å²) >= 11 is 6.47. The van der Waals surface area contributed by atoms with Gasteiger partial charge in [0.05, 0.1) is 10.7 Å². The molecule has 30 heavy (non-hydrogen) atoms. The monoisotopic (exact) mass is 422 g/mol. The van der Waals surface area contributed by atoms with Gasteiger partial charge in [-0.25, -0.2) is 14.8 Å². The van der Waals surface area contributed by atoms with E-state index in [4.69, 9.17) is 11.6 Å². The first-order valence-corrected chi connectivity index (χ1v) is 10.7. The molecule has 8 heteroatoms. The summed E-state index contributed by atoms with van der Waals surface area (Å²) in [6.07, 6.45) is 11.2. The minimum absolute atomic E-state index is 0.0719. The highest BCUT2D eigenvalue weighted by atomic mass is 35.5. The molecule has 0 spiro atoms. The fourth-order valence-electron chi connectivity index (χ4n) is 3.99. The summed E-state index contributed by atoms with van der Waals surface area (Å²) in [6, 6.07) is 5.40. The molecule has 154 valence electrons. The van der Waals surface area contributed by atoms with E-state index in [0.717, 1.165) is 62.3 Å². The van der Waals surface area contributed by atoms with Gasteiger partial charge < -0.3 is 15.5 Å². The number of rotatable bonds is 3. The zero-order valence-electron chi connectivity index (χ0n) is 16.6. The Morgan fingerprint density at radius 1 is 1.20 bits per heavy atom. The van der Waals surface area contributed by atoms with Crippen LogP contribution in [0.15, 0.2) is 42.9 Å². The maximum absolute atomic E-state index is 12.4. The Balaban J connectivity index is 1.44. The van der Waals surface area contributed by atoms with Crippen LogP contribution in [0.1, 0.15) is 24.8 Å². The standard InChI is InChI=1S/C22H23ClN6O/c23-19-4-3-17(26-22(30)28-9-1-2-10-28)11-18(19)20-14-29-13-16(12-25-21(29)27-20)15-5-7-24-8-6-15/h3-5,11-14,24H,1-2,6-10H2,(H,26,30). The van der Waals surface area contributed by atoms with Crippen LogP contribution in [0, 0.1) is 0 Å². The van der Waals surface area contributed by atoms with Gasteiger partial charge in [-0.3, -0.25) is 4.40 Å². The maximum Gasteiger partial charge on any atom is 0.321 e. The van der Waals surface area contributed by atoms with Crippen molar-refractivity contribution >= 4 is 34.7 Å². The van der Waals surface area contributed by atoms with E-state index in [1.165, 1.54) is 5.57 Å². The van der Waals surface area contributed by atoms with Crippen LogP contribution in [0.25, 0.3) is 22.6 Å². The number of carbonyl (C=O) groups is 1. The number of urea groups is 1. The summed E-state index contributed by atoms with van der Waals surface area (Å²) in [6.45, 7) is 3.47. The normalized spacial score (nSPS) is 16.7. The fourth-order valence-corrected chi connectivity index (χ4v) is 4.20. The number of hydrogen-bond acceptors (Lipinski definition) is 4. The largest absolute Gasteiger partial charge is 0.325 e. The minimum atomic E-state index is -0.0719. The summed E-state index contributed by atoms with van der Waals surface area (Å²) in [5.41, 5.74) is 4.59. The maximum atomic E-state index is 12.4. The van der Waals surface area contributed by atoms with Gasteiger partial charge in [-0.05, 0) is 49.6 Å². The van der Waals surface area contributed by atoms with E-state index in [-0.39, 0.29) is 6.03 Å². The molecule has 3 aromatic rings. The van der Waals surface area contributed by atoms with Gasteiger partial charge in [0, 0.05) is 55.0 Å². The predicted molar refractivity (Wildman–Crippen MR) is 119 cm³/mol. The molecule has 0 bridgehead atoms. The number of anilines is 1. The number of aromatic nitrogens is 3. The second-order valence-corrected chi connectivity index (χ2v) is 8.09. The van der Waals surface area contributed by atoms with Crippen molar-refractivity contribution in [3.8, 4) is 11.3 Å². The van der Waals surface area contributed by atoms with Crippen molar-refractivity contribution in [2.24, 2.45) is 0 Å². The van der Waals surface area contributed by atoms with E-state index in [1.807, 2.05) is 33.8 Å². The van der Waals surface area contributed by atoms with Crippen molar-refractivity contribution in [1.82, 2.24) is 24.6 Å². The van der Waals surface area contributed by atoms with Crippen molar-refractivity contribution in [1.29, 1.82) is 0 Å². The van der Waals surface area contributed by atoms with Gasteiger partial charge in [0.1, 0.15) is 0 Å². The van der Waals surface area contributed by atoms with Crippen LogP contribution in [-0.2, 0) is 0 Å². The van der Waals surface area contributed by atoms with E-state index in [0.29, 0.717) is 16.5 Å². The van der Waals surface area contributed by atoms with E-state index in [9.17, 15) is 4.79 Å². The number of nitrogens with one attached hydrogen (secondary N) is 2. The van der Waals surface area contributed by atoms with Gasteiger partial charge in [0.25, 0.3) is 0 Å². The molecule has 7 nitrogen and oxygen atoms in total. The second kappa shape index (κ2) is 8.08. The molecule has 0 aliphatic carbocycles. The fraction of sp³-hybridized carbons (Fsp3) is 0.318. The number of amides is 2. The van der Waals surface area contributed by atoms with Gasteiger partial charge in [-0.2, -0.15) is 0 Å². The third kappa shape index (κ3) is 3.78. The smallest absolute Gasteiger partial charge is 0.321 e. The summed E-state index contributed by atoms with van der Waals surface area (Å²) in [5.74, 6) is 0.617. The van der Waals surface area contributed by atoms with Crippen LogP contribution in [-0.4, -0.2) is 51.5 Å². The molecular weight excluding hydrogens is 400 g/mol. The Morgan fingerprint density at radius 2 is 2.07 bits per heavy atom. The van der Waals surface area contributed by atoms with Crippen molar-refractivity contribution in [2.45, 2.75) is 19.3 Å². The molecule has 5 rings (SSSR count). The molecule has 2 amide bonds. The highest BCUT2D eigenvalue weighted by Crippen LogP contribution is 2.31. The van der Waals surface area contributed by atoms with E-state index in [1.54, 1.807) is 6.07 Å². The van der Waals surface area contributed by atoms with Crippen LogP contribution < -0.4 is 10.6 Å². The van der Waals surface area contributed by atoms with Gasteiger partial charge in [0.15, 0.2) is 0 Å². The van der Waals surface area contributed by atoms with Gasteiger partial charge in [-0.1, -0.05) is 17.7 Å². The number of benzene rings is 1. The SMILES string of the molecule is O=C(Nc1ccc(Cl)c(-c2cn3cc(C4=CCNCC4)cnc3n2)c1)N1CCCC1. The van der Waals surface area contributed by atoms with E-state index >= 15 is 0 Å². The Bertz CT molecular complexity index is 1130. The first-order chi connectivity index (χ1) is 14.7. The second-order valence-electron chi connectivity index (χ2n) is 7.68. The molecule has 0 unspecified atom stereocenters. The topological polar surface area (TPSA) is 74.6 Å². The summed E-state index contributed by atoms with van der Waals surface area (Å²) in [4.78, 5) is 23.4. The van der Waals surface area contributed by atoms with Crippen LogP contribution in [0.5, 0.6) is 0 Å². The summed E-state index contributed by atoms with van der Waals surface area (Å²) in [7, 11) is 0. The van der Waals surface area contributed by atoms with Crippen LogP contribution in [0.3, 0.4) is 0 Å². The Labute approximate surface area is 179 Å². The molecule has 2 aliphatic rings. The Morgan fingerprint density at radius 3 is 2.87 bits per heavy atom. The zero-order chi connectivity index (χ0) is 20.5. The molecule has 2 aromatic heterocycles. The number of halogens is 1. The highest BCUT2D eigenvalue weighted by Gasteiger charge is 2.18. The lowest BCUT2D eigenvalue weighted by Gasteiger charge is -2.16. The Hall–Kier alpha value is -2.90. The summed E-state index contributed by atoms with van der Waals surface area (Å²) in [5, 5.41) is 6.88. The molecule has 1 aromatic carbocycles. The quantitative estimate of drug-likeness (QED) is 0.667. The zero-order valence-corrected chi connectivity index (χ0v) is 17.3. The van der Waals surface area contributed by atoms with Crippen molar-refractivity contribution in [2.75, 3.05) is 31.5 Å². The average molecular weight is 423 g/mol. The molecule has 0 atom stereocenters. The minimum Gasteiger partial charge on any atom is -0.325 e. The number of fused-ring (bicyclic) bond motifs is 1. The molecule has 4 heterocycles. The third-order valence-electron chi connectivity index (χ3n) is 5.63. The van der Waals surface area contributed by atoms with Crippen LogP contribution >= 0.6 is 11.6 Å². The van der Waals surface area contributed by atoms with Gasteiger partial charge in [-0.15, -0.1) is 0 Å². The highest BCUT2D eigenvalue weighted by molar-refractivity contribution is 6.33. The molecule has 1 fully saturated rings. The molecular formula is C22H23ClN6O. The molecule has 2 N–H and O–H groups in total. The number of nitrogens with zero attached hydrogens (tertiary/aromatic N) is 4. The number of hydrogen-bond donors (Lipinski definition) is 2. The van der Waals surface area contributed by atoms with Crippen LogP contribution in [0.2, 0.25) is 5.02 Å². The number of imidazole rings is 1. The van der Waals surface area contributed by atoms with E-state index < -0.39 is 0 Å². The third-order valence-corrected chi connectivity index (χ3v) is 5.96. The molecule has 2 aliphatic heterocycles. The van der Waals surface area contributed by atoms with Gasteiger partial charge in [0.2, 0.25) is 5.78 Å². The number of likely N-dealkylation sites (tertiary alicyclic amines) is 1. The Kier molecular flexibility index (Phi) is 5.14. The van der Waals surface area contributed by atoms with Gasteiger partial charge >= 0.3 is 6.03 Å². The lowest BCUT2D eigenvalue weighted by Crippen LogP contribution is -2.32. The van der Waals surface area contributed by atoms with E-state index in [2.05, 4.69) is 32.9 Å². The number of carbonyl (C=O) groups excluding carboxylic acids is 1. The molecule has 0 radical (unpaired) electrons. The predicted octanol–water partition coefficient (Wildman–Crippen LogP) is 4.05. The molecule has 0 saturated carbocycles. The van der Waals surface area contributed by atoms with Crippen molar-refractivity contribution < 1.29 is 4.79 Å². The average Bonchev–Trinajstić information content (AvgIpc) is 3.45. The van der Waals surface area contributed by atoms with Crippen molar-refractivity contribution in [3.05, 3.63) is 53.5 Å². The van der Waals surface area contributed by atoms with Crippen LogP contribution in [0.4, 0.5) is 10.5 Å². The lowest BCUT2D eigenvalue weighted by molar-refractivity contribution is 0.222.